The maximum Gasteiger partial charge on any atom is 0.234 e. The summed E-state index contributed by atoms with van der Waals surface area (Å²) in [4.78, 5) is 13.2. The molecule has 0 aliphatic carbocycles. The third-order valence-electron chi connectivity index (χ3n) is 2.01. The predicted molar refractivity (Wildman–Crippen MR) is 67.9 cm³/mol. The molecule has 17 heavy (non-hydrogen) atoms. The van der Waals surface area contributed by atoms with Gasteiger partial charge in [-0.25, -0.2) is 0 Å². The molecule has 5 heteroatoms. The van der Waals surface area contributed by atoms with Crippen molar-refractivity contribution in [3.8, 4) is 0 Å². The summed E-state index contributed by atoms with van der Waals surface area (Å²) in [7, 11) is 1.80. The van der Waals surface area contributed by atoms with Gasteiger partial charge in [0, 0.05) is 12.6 Å². The van der Waals surface area contributed by atoms with Crippen molar-refractivity contribution < 1.29 is 14.6 Å². The number of aliphatic hydroxyl groups excluding tert-OH is 1. The van der Waals surface area contributed by atoms with Gasteiger partial charge in [0.1, 0.15) is 0 Å². The normalized spacial score (nSPS) is 13.5. The average Bonchev–Trinajstić information content (AvgIpc) is 2.12. The topological polar surface area (TPSA) is 61.8 Å². The Bertz CT molecular complexity index is 220. The van der Waals surface area contributed by atoms with E-state index in [4.69, 9.17) is 4.74 Å². The molecule has 0 saturated heterocycles. The van der Waals surface area contributed by atoms with Gasteiger partial charge in [-0.1, -0.05) is 0 Å². The van der Waals surface area contributed by atoms with E-state index in [-0.39, 0.29) is 24.6 Å². The molecule has 0 heterocycles. The highest BCUT2D eigenvalue weighted by Gasteiger charge is 2.12. The van der Waals surface area contributed by atoms with Gasteiger partial charge in [0.25, 0.3) is 0 Å². The summed E-state index contributed by atoms with van der Waals surface area (Å²) in [6.45, 7) is 8.70. The number of rotatable bonds is 8. The summed E-state index contributed by atoms with van der Waals surface area (Å²) < 4.78 is 5.30. The highest BCUT2D eigenvalue weighted by molar-refractivity contribution is 5.78. The molecule has 0 bridgehead atoms. The number of nitrogens with one attached hydrogen (secondary N) is 1. The van der Waals surface area contributed by atoms with Gasteiger partial charge in [-0.15, -0.1) is 0 Å². The molecule has 0 aromatic heterocycles. The third-order valence-corrected chi connectivity index (χ3v) is 2.01. The van der Waals surface area contributed by atoms with E-state index in [1.165, 1.54) is 0 Å². The van der Waals surface area contributed by atoms with E-state index < -0.39 is 6.10 Å². The monoisotopic (exact) mass is 246 g/mol. The second kappa shape index (κ2) is 8.44. The largest absolute Gasteiger partial charge is 0.389 e. The van der Waals surface area contributed by atoms with E-state index in [2.05, 4.69) is 5.32 Å². The number of hydrogen-bond donors (Lipinski definition) is 2. The minimum absolute atomic E-state index is 0.0283. The van der Waals surface area contributed by atoms with Crippen LogP contribution in [0.1, 0.15) is 27.7 Å². The highest BCUT2D eigenvalue weighted by Crippen LogP contribution is 1.94. The van der Waals surface area contributed by atoms with Crippen LogP contribution in [0.25, 0.3) is 0 Å². The van der Waals surface area contributed by atoms with Crippen LogP contribution in [0.15, 0.2) is 0 Å². The molecule has 102 valence electrons. The number of likely N-dealkylation sites (N-methyl/N-ethyl adjacent to an activating group) is 1. The summed E-state index contributed by atoms with van der Waals surface area (Å²) in [5.74, 6) is -0.0283. The van der Waals surface area contributed by atoms with E-state index >= 15 is 0 Å². The first-order chi connectivity index (χ1) is 7.81. The first-order valence-corrected chi connectivity index (χ1v) is 6.08. The molecular formula is C12H26N2O3. The molecule has 0 aromatic carbocycles. The Morgan fingerprint density at radius 1 is 1.35 bits per heavy atom. The zero-order chi connectivity index (χ0) is 13.4. The van der Waals surface area contributed by atoms with Crippen molar-refractivity contribution >= 4 is 5.91 Å². The van der Waals surface area contributed by atoms with E-state index in [0.717, 1.165) is 0 Å². The van der Waals surface area contributed by atoms with Crippen molar-refractivity contribution in [2.24, 2.45) is 0 Å². The average molecular weight is 246 g/mol. The number of carbonyl (C=O) groups excluding carboxylic acids is 1. The lowest BCUT2D eigenvalue weighted by molar-refractivity contribution is -0.122. The zero-order valence-corrected chi connectivity index (χ0v) is 11.6. The molecule has 1 amide bonds. The molecule has 1 atom stereocenters. The lowest BCUT2D eigenvalue weighted by Crippen LogP contribution is -2.41. The van der Waals surface area contributed by atoms with Gasteiger partial charge in [0.05, 0.1) is 25.4 Å². The Morgan fingerprint density at radius 3 is 2.41 bits per heavy atom. The third kappa shape index (κ3) is 10.2. The van der Waals surface area contributed by atoms with Crippen molar-refractivity contribution in [2.45, 2.75) is 45.9 Å². The molecule has 5 nitrogen and oxygen atoms in total. The van der Waals surface area contributed by atoms with Crippen LogP contribution in [-0.4, -0.2) is 60.9 Å². The second-order valence-corrected chi connectivity index (χ2v) is 4.95. The predicted octanol–water partition coefficient (Wildman–Crippen LogP) is 0.229. The van der Waals surface area contributed by atoms with Crippen LogP contribution in [0, 0.1) is 0 Å². The Kier molecular flexibility index (Phi) is 8.12. The molecular weight excluding hydrogens is 220 g/mol. The molecule has 0 radical (unpaired) electrons. The molecule has 0 aliphatic heterocycles. The molecule has 0 saturated carbocycles. The fraction of sp³-hybridized carbons (Fsp3) is 0.917. The standard InChI is InChI=1S/C12H26N2O3/c1-9(2)13-12(16)7-14(5)6-11(15)8-17-10(3)4/h9-11,15H,6-8H2,1-5H3,(H,13,16). The number of ether oxygens (including phenoxy) is 1. The Morgan fingerprint density at radius 2 is 1.94 bits per heavy atom. The van der Waals surface area contributed by atoms with Gasteiger partial charge in [0.15, 0.2) is 0 Å². The van der Waals surface area contributed by atoms with E-state index in [1.54, 1.807) is 11.9 Å². The van der Waals surface area contributed by atoms with E-state index in [0.29, 0.717) is 13.2 Å². The van der Waals surface area contributed by atoms with Crippen LogP contribution in [0.5, 0.6) is 0 Å². The summed E-state index contributed by atoms with van der Waals surface area (Å²) in [5, 5.41) is 12.5. The van der Waals surface area contributed by atoms with E-state index in [1.807, 2.05) is 27.7 Å². The van der Waals surface area contributed by atoms with Gasteiger partial charge >= 0.3 is 0 Å². The minimum atomic E-state index is -0.561. The van der Waals surface area contributed by atoms with Gasteiger partial charge in [-0.05, 0) is 34.7 Å². The fourth-order valence-corrected chi connectivity index (χ4v) is 1.39. The van der Waals surface area contributed by atoms with E-state index in [9.17, 15) is 9.90 Å². The Balaban J connectivity index is 3.76. The summed E-state index contributed by atoms with van der Waals surface area (Å²) in [6.07, 6.45) is -0.451. The molecule has 0 spiro atoms. The quantitative estimate of drug-likeness (QED) is 0.643. The SMILES string of the molecule is CC(C)NC(=O)CN(C)CC(O)COC(C)C. The second-order valence-electron chi connectivity index (χ2n) is 4.95. The van der Waals surface area contributed by atoms with Crippen molar-refractivity contribution in [3.05, 3.63) is 0 Å². The van der Waals surface area contributed by atoms with Crippen molar-refractivity contribution in [3.63, 3.8) is 0 Å². The molecule has 0 aliphatic rings. The number of hydrogen-bond acceptors (Lipinski definition) is 4. The lowest BCUT2D eigenvalue weighted by Gasteiger charge is -2.21. The summed E-state index contributed by atoms with van der Waals surface area (Å²) in [5.41, 5.74) is 0. The van der Waals surface area contributed by atoms with Gasteiger partial charge < -0.3 is 15.2 Å². The van der Waals surface area contributed by atoms with Crippen LogP contribution < -0.4 is 5.32 Å². The summed E-state index contributed by atoms with van der Waals surface area (Å²) in [6, 6.07) is 0.144. The van der Waals surface area contributed by atoms with Gasteiger partial charge in [0.2, 0.25) is 5.91 Å². The number of aliphatic hydroxyl groups is 1. The highest BCUT2D eigenvalue weighted by atomic mass is 16.5. The fourth-order valence-electron chi connectivity index (χ4n) is 1.39. The molecule has 0 fully saturated rings. The Hall–Kier alpha value is -0.650. The van der Waals surface area contributed by atoms with Crippen LogP contribution in [0.3, 0.4) is 0 Å². The lowest BCUT2D eigenvalue weighted by atomic mass is 10.3. The van der Waals surface area contributed by atoms with Crippen molar-refractivity contribution in [1.82, 2.24) is 10.2 Å². The minimum Gasteiger partial charge on any atom is -0.389 e. The van der Waals surface area contributed by atoms with Gasteiger partial charge in [-0.3, -0.25) is 9.69 Å². The first-order valence-electron chi connectivity index (χ1n) is 6.08. The number of amides is 1. The first kappa shape index (κ1) is 16.4. The van der Waals surface area contributed by atoms with Crippen LogP contribution in [0.4, 0.5) is 0 Å². The molecule has 2 N–H and O–H groups in total. The van der Waals surface area contributed by atoms with Crippen LogP contribution >= 0.6 is 0 Å². The van der Waals surface area contributed by atoms with Crippen LogP contribution in [-0.2, 0) is 9.53 Å². The zero-order valence-electron chi connectivity index (χ0n) is 11.6. The van der Waals surface area contributed by atoms with Gasteiger partial charge in [-0.2, -0.15) is 0 Å². The Labute approximate surface area is 104 Å². The van der Waals surface area contributed by atoms with Crippen molar-refractivity contribution in [2.75, 3.05) is 26.7 Å². The van der Waals surface area contributed by atoms with Crippen LogP contribution in [0.2, 0.25) is 0 Å². The summed E-state index contributed by atoms with van der Waals surface area (Å²) >= 11 is 0. The number of nitrogens with zero attached hydrogens (tertiary/aromatic N) is 1. The molecule has 0 rings (SSSR count). The molecule has 1 unspecified atom stereocenters. The van der Waals surface area contributed by atoms with Crippen molar-refractivity contribution in [1.29, 1.82) is 0 Å². The number of carbonyl (C=O) groups is 1. The smallest absolute Gasteiger partial charge is 0.234 e. The maximum atomic E-state index is 11.4. The molecule has 0 aromatic rings. The maximum absolute atomic E-state index is 11.4.